The first-order valence-corrected chi connectivity index (χ1v) is 10.2. The zero-order chi connectivity index (χ0) is 18.6. The number of aromatic amines is 1. The number of aromatic nitrogens is 3. The van der Waals surface area contributed by atoms with E-state index in [1.54, 1.807) is 6.20 Å². The van der Waals surface area contributed by atoms with Gasteiger partial charge in [0.2, 0.25) is 0 Å². The number of likely N-dealkylation sites (N-methyl/N-ethyl adjacent to an activating group) is 1. The summed E-state index contributed by atoms with van der Waals surface area (Å²) in [5.41, 5.74) is 3.23. The third kappa shape index (κ3) is 4.31. The van der Waals surface area contributed by atoms with Gasteiger partial charge in [0.05, 0.1) is 16.2 Å². The van der Waals surface area contributed by atoms with E-state index in [-0.39, 0.29) is 0 Å². The van der Waals surface area contributed by atoms with E-state index in [2.05, 4.69) is 83.6 Å². The van der Waals surface area contributed by atoms with Crippen molar-refractivity contribution < 1.29 is 0 Å². The standard InChI is InChI=1S/C20H25BrN6/c1-26-10-11-27(19(14-26)15-6-3-2-4-7-15)9-5-8-22-20-16(21)12-17-18(24-20)13-23-25-17/h2-4,6-7,12-13,19H,5,8-11,14H2,1H3,(H,22,24)(H,23,25). The van der Waals surface area contributed by atoms with Gasteiger partial charge in [-0.3, -0.25) is 10.00 Å². The van der Waals surface area contributed by atoms with Crippen molar-refractivity contribution in [3.8, 4) is 0 Å². The van der Waals surface area contributed by atoms with Crippen LogP contribution in [0.4, 0.5) is 5.82 Å². The van der Waals surface area contributed by atoms with Crippen molar-refractivity contribution in [2.45, 2.75) is 12.5 Å². The normalized spacial score (nSPS) is 18.8. The molecule has 3 aromatic rings. The molecular weight excluding hydrogens is 404 g/mol. The molecule has 1 fully saturated rings. The van der Waals surface area contributed by atoms with Crippen LogP contribution in [0.3, 0.4) is 0 Å². The van der Waals surface area contributed by atoms with Crippen molar-refractivity contribution in [3.05, 3.63) is 52.6 Å². The van der Waals surface area contributed by atoms with Crippen LogP contribution in [0.25, 0.3) is 11.0 Å². The number of H-pyrrole nitrogens is 1. The zero-order valence-corrected chi connectivity index (χ0v) is 17.1. The van der Waals surface area contributed by atoms with Crippen LogP contribution >= 0.6 is 15.9 Å². The lowest BCUT2D eigenvalue weighted by Crippen LogP contribution is -2.47. The summed E-state index contributed by atoms with van der Waals surface area (Å²) >= 11 is 3.59. The van der Waals surface area contributed by atoms with E-state index >= 15 is 0 Å². The number of piperazine rings is 1. The van der Waals surface area contributed by atoms with Crippen LogP contribution < -0.4 is 5.32 Å². The molecule has 27 heavy (non-hydrogen) atoms. The lowest BCUT2D eigenvalue weighted by molar-refractivity contribution is 0.0896. The minimum atomic E-state index is 0.470. The molecule has 1 aromatic carbocycles. The van der Waals surface area contributed by atoms with Gasteiger partial charge in [0.25, 0.3) is 0 Å². The smallest absolute Gasteiger partial charge is 0.141 e. The van der Waals surface area contributed by atoms with Crippen LogP contribution in [0.5, 0.6) is 0 Å². The Hall–Kier alpha value is -1.96. The maximum Gasteiger partial charge on any atom is 0.141 e. The fourth-order valence-corrected chi connectivity index (χ4v) is 4.14. The van der Waals surface area contributed by atoms with Gasteiger partial charge in [-0.05, 0) is 41.0 Å². The Morgan fingerprint density at radius 3 is 2.96 bits per heavy atom. The second-order valence-electron chi connectivity index (χ2n) is 7.13. The van der Waals surface area contributed by atoms with E-state index in [4.69, 9.17) is 0 Å². The van der Waals surface area contributed by atoms with Gasteiger partial charge in [-0.2, -0.15) is 5.10 Å². The molecule has 1 unspecified atom stereocenters. The van der Waals surface area contributed by atoms with E-state index in [0.717, 1.165) is 60.5 Å². The molecule has 0 spiro atoms. The van der Waals surface area contributed by atoms with Gasteiger partial charge < -0.3 is 10.2 Å². The number of nitrogens with zero attached hydrogens (tertiary/aromatic N) is 4. The molecule has 0 radical (unpaired) electrons. The monoisotopic (exact) mass is 428 g/mol. The van der Waals surface area contributed by atoms with Gasteiger partial charge in [0.1, 0.15) is 11.3 Å². The summed E-state index contributed by atoms with van der Waals surface area (Å²) < 4.78 is 0.959. The highest BCUT2D eigenvalue weighted by molar-refractivity contribution is 9.10. The number of nitrogens with one attached hydrogen (secondary N) is 2. The van der Waals surface area contributed by atoms with Crippen LogP contribution in [0.15, 0.2) is 47.1 Å². The summed E-state index contributed by atoms with van der Waals surface area (Å²) in [6.07, 6.45) is 2.83. The topological polar surface area (TPSA) is 60.1 Å². The molecular formula is C20H25BrN6. The molecule has 142 valence electrons. The predicted octanol–water partition coefficient (Wildman–Crippen LogP) is 3.51. The Balaban J connectivity index is 1.35. The number of hydrogen-bond acceptors (Lipinski definition) is 5. The summed E-state index contributed by atoms with van der Waals surface area (Å²) in [6.45, 7) is 5.29. The number of halogens is 1. The summed E-state index contributed by atoms with van der Waals surface area (Å²) in [6, 6.07) is 13.3. The molecule has 4 rings (SSSR count). The van der Waals surface area contributed by atoms with Crippen LogP contribution in [0, 0.1) is 0 Å². The maximum absolute atomic E-state index is 4.62. The number of pyridine rings is 1. The lowest BCUT2D eigenvalue weighted by atomic mass is 10.0. The molecule has 0 aliphatic carbocycles. The van der Waals surface area contributed by atoms with Crippen molar-refractivity contribution in [2.75, 3.05) is 45.1 Å². The zero-order valence-electron chi connectivity index (χ0n) is 15.5. The van der Waals surface area contributed by atoms with Crippen LogP contribution in [0.1, 0.15) is 18.0 Å². The van der Waals surface area contributed by atoms with Crippen LogP contribution in [-0.4, -0.2) is 64.8 Å². The summed E-state index contributed by atoms with van der Waals surface area (Å²) in [5.74, 6) is 0.877. The summed E-state index contributed by atoms with van der Waals surface area (Å²) in [4.78, 5) is 9.65. The quantitative estimate of drug-likeness (QED) is 0.588. The summed E-state index contributed by atoms with van der Waals surface area (Å²) in [7, 11) is 2.21. The molecule has 0 saturated carbocycles. The number of fused-ring (bicyclic) bond motifs is 1. The predicted molar refractivity (Wildman–Crippen MR) is 113 cm³/mol. The Morgan fingerprint density at radius 2 is 2.11 bits per heavy atom. The lowest BCUT2D eigenvalue weighted by Gasteiger charge is -2.40. The molecule has 3 heterocycles. The molecule has 7 heteroatoms. The first-order valence-electron chi connectivity index (χ1n) is 9.42. The van der Waals surface area contributed by atoms with Gasteiger partial charge in [-0.25, -0.2) is 4.98 Å². The highest BCUT2D eigenvalue weighted by Crippen LogP contribution is 2.26. The molecule has 1 aliphatic heterocycles. The van der Waals surface area contributed by atoms with Crippen molar-refractivity contribution >= 4 is 32.8 Å². The van der Waals surface area contributed by atoms with Gasteiger partial charge in [0.15, 0.2) is 0 Å². The average molecular weight is 429 g/mol. The molecule has 2 aromatic heterocycles. The number of hydrogen-bond donors (Lipinski definition) is 2. The van der Waals surface area contributed by atoms with E-state index < -0.39 is 0 Å². The van der Waals surface area contributed by atoms with Gasteiger partial charge >= 0.3 is 0 Å². The van der Waals surface area contributed by atoms with Crippen molar-refractivity contribution in [3.63, 3.8) is 0 Å². The first-order chi connectivity index (χ1) is 13.2. The minimum absolute atomic E-state index is 0.470. The Kier molecular flexibility index (Phi) is 5.71. The van der Waals surface area contributed by atoms with Gasteiger partial charge in [-0.15, -0.1) is 0 Å². The maximum atomic E-state index is 4.62. The van der Waals surface area contributed by atoms with Gasteiger partial charge in [0, 0.05) is 38.8 Å². The highest BCUT2D eigenvalue weighted by atomic mass is 79.9. The van der Waals surface area contributed by atoms with E-state index in [1.165, 1.54) is 5.56 Å². The van der Waals surface area contributed by atoms with E-state index in [9.17, 15) is 0 Å². The van der Waals surface area contributed by atoms with E-state index in [1.807, 2.05) is 6.07 Å². The molecule has 0 bridgehead atoms. The fourth-order valence-electron chi connectivity index (χ4n) is 3.68. The Morgan fingerprint density at radius 1 is 1.26 bits per heavy atom. The third-order valence-electron chi connectivity index (χ3n) is 5.17. The first kappa shape index (κ1) is 18.4. The number of rotatable bonds is 6. The Labute approximate surface area is 168 Å². The summed E-state index contributed by atoms with van der Waals surface area (Å²) in [5, 5.41) is 10.4. The van der Waals surface area contributed by atoms with Crippen molar-refractivity contribution in [2.24, 2.45) is 0 Å². The molecule has 0 amide bonds. The molecule has 2 N–H and O–H groups in total. The van der Waals surface area contributed by atoms with Crippen molar-refractivity contribution in [1.82, 2.24) is 25.0 Å². The molecule has 1 atom stereocenters. The Bertz CT molecular complexity index is 881. The second kappa shape index (κ2) is 8.37. The average Bonchev–Trinajstić information content (AvgIpc) is 3.14. The minimum Gasteiger partial charge on any atom is -0.369 e. The fraction of sp³-hybridized carbons (Fsp3) is 0.400. The number of anilines is 1. The largest absolute Gasteiger partial charge is 0.369 e. The van der Waals surface area contributed by atoms with Crippen LogP contribution in [-0.2, 0) is 0 Å². The SMILES string of the molecule is CN1CCN(CCCNc2nc3cn[nH]c3cc2Br)C(c2ccccc2)C1. The number of benzene rings is 1. The molecule has 6 nitrogen and oxygen atoms in total. The van der Waals surface area contributed by atoms with Crippen LogP contribution in [0.2, 0.25) is 0 Å². The van der Waals surface area contributed by atoms with Crippen molar-refractivity contribution in [1.29, 1.82) is 0 Å². The highest BCUT2D eigenvalue weighted by Gasteiger charge is 2.25. The third-order valence-corrected chi connectivity index (χ3v) is 5.78. The molecule has 1 saturated heterocycles. The molecule has 1 aliphatic rings. The van der Waals surface area contributed by atoms with Gasteiger partial charge in [-0.1, -0.05) is 30.3 Å². The second-order valence-corrected chi connectivity index (χ2v) is 7.98. The van der Waals surface area contributed by atoms with E-state index in [0.29, 0.717) is 6.04 Å².